The predicted octanol–water partition coefficient (Wildman–Crippen LogP) is 4.00. The Morgan fingerprint density at radius 2 is 1.54 bits per heavy atom. The van der Waals surface area contributed by atoms with Crippen LogP contribution in [0.5, 0.6) is 11.5 Å². The monoisotopic (exact) mass is 770 g/mol. The number of para-hydroxylation sites is 1. The first-order valence-electron chi connectivity index (χ1n) is 19.7. The smallest absolute Gasteiger partial charge is 0.254 e. The summed E-state index contributed by atoms with van der Waals surface area (Å²) in [6, 6.07) is 22.6. The molecular weight excluding hydrogens is 728 g/mol. The lowest BCUT2D eigenvalue weighted by Crippen LogP contribution is -2.69. The maximum Gasteiger partial charge on any atom is 0.254 e. The third-order valence-electron chi connectivity index (χ3n) is 12.6. The highest BCUT2D eigenvalue weighted by Gasteiger charge is 2.48. The van der Waals surface area contributed by atoms with Crippen molar-refractivity contribution in [3.05, 3.63) is 90.5 Å². The van der Waals surface area contributed by atoms with E-state index in [0.29, 0.717) is 29.7 Å². The number of ether oxygens (including phenoxy) is 1. The first kappa shape index (κ1) is 35.5. The summed E-state index contributed by atoms with van der Waals surface area (Å²) in [5, 5.41) is 10.7. The summed E-state index contributed by atoms with van der Waals surface area (Å²) in [5.74, 6) is 0.913. The van der Waals surface area contributed by atoms with Crippen LogP contribution in [-0.4, -0.2) is 105 Å². The van der Waals surface area contributed by atoms with Crippen molar-refractivity contribution in [3.8, 4) is 22.8 Å². The van der Waals surface area contributed by atoms with Crippen LogP contribution in [0.2, 0.25) is 0 Å². The van der Waals surface area contributed by atoms with Gasteiger partial charge in [-0.3, -0.25) is 29.5 Å². The van der Waals surface area contributed by atoms with E-state index in [0.717, 1.165) is 91.6 Å². The summed E-state index contributed by atoms with van der Waals surface area (Å²) < 4.78 is 23.2. The highest BCUT2D eigenvalue weighted by Crippen LogP contribution is 2.47. The van der Waals surface area contributed by atoms with Crippen LogP contribution >= 0.6 is 0 Å². The average molecular weight is 771 g/mol. The minimum absolute atomic E-state index is 0.120. The number of carbonyl (C=O) groups excluding carboxylic acids is 3. The molecular formula is C42H43FN10O4. The zero-order valence-corrected chi connectivity index (χ0v) is 31.3. The van der Waals surface area contributed by atoms with E-state index in [1.165, 1.54) is 18.5 Å². The molecule has 57 heavy (non-hydrogen) atoms. The van der Waals surface area contributed by atoms with Crippen molar-refractivity contribution >= 4 is 40.3 Å². The second kappa shape index (κ2) is 14.2. The van der Waals surface area contributed by atoms with Gasteiger partial charge in [-0.25, -0.2) is 19.0 Å². The molecule has 3 unspecified atom stereocenters. The highest BCUT2D eigenvalue weighted by atomic mass is 19.1. The molecule has 3 aromatic carbocycles. The van der Waals surface area contributed by atoms with Crippen LogP contribution < -0.4 is 26.0 Å². The number of likely N-dealkylation sites (tertiary alicyclic amines) is 2. The van der Waals surface area contributed by atoms with Gasteiger partial charge in [-0.1, -0.05) is 18.2 Å². The van der Waals surface area contributed by atoms with E-state index in [1.54, 1.807) is 6.07 Å². The number of benzene rings is 3. The number of rotatable bonds is 9. The molecule has 5 aromatic rings. The van der Waals surface area contributed by atoms with Crippen molar-refractivity contribution in [2.75, 3.05) is 49.9 Å². The molecule has 1 saturated carbocycles. The molecule has 5 fully saturated rings. The number of nitrogens with two attached hydrogens (primary N) is 1. The van der Waals surface area contributed by atoms with Crippen molar-refractivity contribution in [1.82, 2.24) is 40.2 Å². The van der Waals surface area contributed by atoms with Crippen molar-refractivity contribution in [2.45, 2.75) is 49.9 Å². The van der Waals surface area contributed by atoms with Gasteiger partial charge in [0, 0.05) is 69.0 Å². The summed E-state index contributed by atoms with van der Waals surface area (Å²) in [6.07, 6.45) is 3.96. The Labute approximate surface area is 328 Å². The molecule has 3 amide bonds. The van der Waals surface area contributed by atoms with Gasteiger partial charge in [0.2, 0.25) is 11.8 Å². The molecule has 4 aliphatic heterocycles. The van der Waals surface area contributed by atoms with Crippen LogP contribution in [0.25, 0.3) is 22.3 Å². The number of piperidine rings is 1. The fraction of sp³-hybridized carbons (Fsp3) is 0.381. The summed E-state index contributed by atoms with van der Waals surface area (Å²) in [7, 11) is 0. The van der Waals surface area contributed by atoms with Gasteiger partial charge in [0.1, 0.15) is 41.2 Å². The first-order valence-corrected chi connectivity index (χ1v) is 19.7. The lowest BCUT2D eigenvalue weighted by molar-refractivity contribution is -0.134. The maximum atomic E-state index is 15.1. The normalized spacial score (nSPS) is 24.3. The molecule has 0 radical (unpaired) electrons. The summed E-state index contributed by atoms with van der Waals surface area (Å²) in [4.78, 5) is 52.4. The zero-order chi connectivity index (χ0) is 38.8. The van der Waals surface area contributed by atoms with Crippen LogP contribution in [0.3, 0.4) is 0 Å². The Morgan fingerprint density at radius 3 is 2.26 bits per heavy atom. The molecule has 1 aliphatic carbocycles. The van der Waals surface area contributed by atoms with E-state index in [4.69, 9.17) is 15.6 Å². The van der Waals surface area contributed by atoms with E-state index >= 15 is 4.39 Å². The van der Waals surface area contributed by atoms with Crippen LogP contribution in [-0.2, 0) is 9.59 Å². The number of hydrogen-bond donors (Lipinski definition) is 3. The molecule has 0 bridgehead atoms. The number of hydrogen-bond acceptors (Lipinski definition) is 11. The standard InChI is InChI=1S/C42H43FN10O4/c43-34-16-27(8-11-33(34)41(55)47-35-12-13-36(54)48-42(35)56)51-19-30(20-51)52-21-29(22-52)50-17-25-14-28(15-26(25)18-50)53-40-37(39(44)45-23-46-40)38(49-53)24-6-9-32(10-7-24)57-31-4-2-1-3-5-31/h1-11,16,23,25-26,28-30,35H,12-15,17-22H2,(H,47,55)(H2,44,45,46)(H,48,54,56). The lowest BCUT2D eigenvalue weighted by Gasteiger charge is -2.54. The Morgan fingerprint density at radius 1 is 0.842 bits per heavy atom. The van der Waals surface area contributed by atoms with Gasteiger partial charge in [-0.15, -0.1) is 0 Å². The predicted molar refractivity (Wildman–Crippen MR) is 210 cm³/mol. The Hall–Kier alpha value is -5.93. The summed E-state index contributed by atoms with van der Waals surface area (Å²) in [6.45, 7) is 5.86. The molecule has 6 heterocycles. The Bertz CT molecular complexity index is 2350. The Balaban J connectivity index is 0.719. The number of aromatic nitrogens is 4. The van der Waals surface area contributed by atoms with Gasteiger partial charge in [-0.2, -0.15) is 5.10 Å². The van der Waals surface area contributed by atoms with Gasteiger partial charge in [-0.05, 0) is 85.7 Å². The first-order chi connectivity index (χ1) is 27.7. The Kier molecular flexibility index (Phi) is 8.85. The molecule has 4 saturated heterocycles. The molecule has 2 aromatic heterocycles. The van der Waals surface area contributed by atoms with Crippen LogP contribution in [0, 0.1) is 17.7 Å². The van der Waals surface area contributed by atoms with Crippen LogP contribution in [0.4, 0.5) is 15.9 Å². The average Bonchev–Trinajstić information content (AvgIpc) is 3.87. The van der Waals surface area contributed by atoms with Gasteiger partial charge in [0.25, 0.3) is 5.91 Å². The number of amides is 3. The van der Waals surface area contributed by atoms with Crippen molar-refractivity contribution in [1.29, 1.82) is 0 Å². The molecule has 5 aliphatic rings. The highest BCUT2D eigenvalue weighted by molar-refractivity contribution is 6.04. The van der Waals surface area contributed by atoms with Gasteiger partial charge in [0.05, 0.1) is 17.0 Å². The fourth-order valence-electron chi connectivity index (χ4n) is 9.43. The van der Waals surface area contributed by atoms with Gasteiger partial charge < -0.3 is 20.7 Å². The molecule has 0 spiro atoms. The number of nitrogens with zero attached hydrogens (tertiary/aromatic N) is 7. The number of nitrogens with one attached hydrogen (secondary N) is 2. The van der Waals surface area contributed by atoms with Gasteiger partial charge in [0.15, 0.2) is 5.65 Å². The third-order valence-corrected chi connectivity index (χ3v) is 12.6. The van der Waals surface area contributed by atoms with E-state index < -0.39 is 23.7 Å². The lowest BCUT2D eigenvalue weighted by atomic mass is 9.97. The number of anilines is 2. The molecule has 15 heteroatoms. The largest absolute Gasteiger partial charge is 0.457 e. The second-order valence-electron chi connectivity index (χ2n) is 16.1. The molecule has 10 rings (SSSR count). The minimum Gasteiger partial charge on any atom is -0.457 e. The maximum absolute atomic E-state index is 15.1. The van der Waals surface area contributed by atoms with E-state index in [2.05, 4.69) is 40.0 Å². The van der Waals surface area contributed by atoms with Crippen LogP contribution in [0.1, 0.15) is 42.1 Å². The molecule has 14 nitrogen and oxygen atoms in total. The van der Waals surface area contributed by atoms with E-state index in [-0.39, 0.29) is 30.4 Å². The van der Waals surface area contributed by atoms with Gasteiger partial charge >= 0.3 is 0 Å². The summed E-state index contributed by atoms with van der Waals surface area (Å²) in [5.41, 5.74) is 9.57. The van der Waals surface area contributed by atoms with E-state index in [9.17, 15) is 14.4 Å². The molecule has 4 N–H and O–H groups in total. The number of halogens is 1. The minimum atomic E-state index is -0.854. The second-order valence-corrected chi connectivity index (χ2v) is 16.1. The van der Waals surface area contributed by atoms with Crippen molar-refractivity contribution < 1.29 is 23.5 Å². The van der Waals surface area contributed by atoms with E-state index in [1.807, 2.05) is 54.6 Å². The van der Waals surface area contributed by atoms with Crippen molar-refractivity contribution in [3.63, 3.8) is 0 Å². The SMILES string of the molecule is Nc1ncnc2c1c(-c1ccc(Oc3ccccc3)cc1)nn2C1CC2CN(C3CN(C4CN(c5ccc(C(=O)NC6CCC(=O)NC6=O)c(F)c5)C4)C3)CC2C1. The number of fused-ring (bicyclic) bond motifs is 2. The van der Waals surface area contributed by atoms with Crippen LogP contribution in [0.15, 0.2) is 79.1 Å². The zero-order valence-electron chi connectivity index (χ0n) is 31.3. The molecule has 3 atom stereocenters. The number of imide groups is 1. The molecule has 292 valence electrons. The number of nitrogen functional groups attached to an aromatic ring is 1. The van der Waals surface area contributed by atoms with Crippen molar-refractivity contribution in [2.24, 2.45) is 11.8 Å². The number of carbonyl (C=O) groups is 3. The third kappa shape index (κ3) is 6.63. The fourth-order valence-corrected chi connectivity index (χ4v) is 9.43. The summed E-state index contributed by atoms with van der Waals surface area (Å²) >= 11 is 0. The topological polar surface area (TPSA) is 164 Å². The quantitative estimate of drug-likeness (QED) is 0.186.